The number of benzene rings is 3. The van der Waals surface area contributed by atoms with Gasteiger partial charge >= 0.3 is 0 Å². The van der Waals surface area contributed by atoms with Crippen LogP contribution in [0.4, 0.5) is 0 Å². The van der Waals surface area contributed by atoms with Crippen LogP contribution in [-0.4, -0.2) is 28.0 Å². The molecule has 214 valence electrons. The van der Waals surface area contributed by atoms with E-state index in [1.807, 2.05) is 49.4 Å². The minimum absolute atomic E-state index is 0.167. The van der Waals surface area contributed by atoms with Crippen molar-refractivity contribution in [1.82, 2.24) is 0 Å². The third-order valence-electron chi connectivity index (χ3n) is 7.15. The molecule has 1 aromatic heterocycles. The molecule has 1 aliphatic heterocycles. The average molecular weight is 617 g/mol. The summed E-state index contributed by atoms with van der Waals surface area (Å²) < 4.78 is 13.2. The monoisotopic (exact) mass is 616 g/mol. The van der Waals surface area contributed by atoms with Crippen LogP contribution in [-0.2, 0) is 21.0 Å². The molecule has 8 heteroatoms. The van der Waals surface area contributed by atoms with E-state index in [0.29, 0.717) is 24.5 Å². The molecule has 1 unspecified atom stereocenters. The summed E-state index contributed by atoms with van der Waals surface area (Å²) >= 11 is 8.41. The Morgan fingerprint density at radius 3 is 2.52 bits per heavy atom. The molecule has 42 heavy (non-hydrogen) atoms. The lowest BCUT2D eigenvalue weighted by Gasteiger charge is -2.21. The number of hydrogen-bond acceptors (Lipinski definition) is 7. The summed E-state index contributed by atoms with van der Waals surface area (Å²) in [5, 5.41) is 0.323. The van der Waals surface area contributed by atoms with Gasteiger partial charge in [0.15, 0.2) is 6.10 Å². The van der Waals surface area contributed by atoms with Crippen molar-refractivity contribution in [3.05, 3.63) is 82.2 Å². The van der Waals surface area contributed by atoms with E-state index in [4.69, 9.17) is 21.1 Å². The van der Waals surface area contributed by atoms with Crippen molar-refractivity contribution in [3.63, 3.8) is 0 Å². The Kier molecular flexibility index (Phi) is 9.37. The van der Waals surface area contributed by atoms with E-state index in [0.717, 1.165) is 45.2 Å². The lowest BCUT2D eigenvalue weighted by atomic mass is 9.96. The maximum Gasteiger partial charge on any atom is 0.259 e. The van der Waals surface area contributed by atoms with Crippen molar-refractivity contribution < 1.29 is 23.9 Å². The van der Waals surface area contributed by atoms with Gasteiger partial charge in [-0.2, -0.15) is 0 Å². The molecule has 0 bridgehead atoms. The van der Waals surface area contributed by atoms with E-state index in [1.54, 1.807) is 18.3 Å². The van der Waals surface area contributed by atoms with Gasteiger partial charge in [-0.25, -0.2) is 0 Å². The van der Waals surface area contributed by atoms with Crippen LogP contribution in [0.25, 0.3) is 21.2 Å². The van der Waals surface area contributed by atoms with Crippen LogP contribution in [0.1, 0.15) is 47.3 Å². The van der Waals surface area contributed by atoms with Gasteiger partial charge < -0.3 is 9.47 Å². The third-order valence-corrected chi connectivity index (χ3v) is 9.30. The van der Waals surface area contributed by atoms with Crippen LogP contribution in [0.15, 0.2) is 60.7 Å². The summed E-state index contributed by atoms with van der Waals surface area (Å²) in [5.74, 6) is 7.13. The number of hydrogen-bond donors (Lipinski definition) is 0. The molecule has 4 aromatic rings. The number of Topliss-reactive ketones (excluding diaryl/α,β-unsaturated/α-hetero) is 1. The van der Waals surface area contributed by atoms with Gasteiger partial charge in [0.05, 0.1) is 5.92 Å². The number of ketones is 1. The summed E-state index contributed by atoms with van der Waals surface area (Å²) in [6.07, 6.45) is -0.0175. The van der Waals surface area contributed by atoms with E-state index in [1.165, 1.54) is 15.1 Å². The normalized spacial score (nSPS) is 15.7. The van der Waals surface area contributed by atoms with Crippen molar-refractivity contribution in [2.24, 2.45) is 0 Å². The molecule has 0 saturated carbocycles. The van der Waals surface area contributed by atoms with Crippen molar-refractivity contribution >= 4 is 60.9 Å². The van der Waals surface area contributed by atoms with Gasteiger partial charge in [0.2, 0.25) is 11.0 Å². The maximum absolute atomic E-state index is 12.2. The predicted molar refractivity (Wildman–Crippen MR) is 171 cm³/mol. The van der Waals surface area contributed by atoms with Gasteiger partial charge in [-0.1, -0.05) is 41.9 Å². The Morgan fingerprint density at radius 2 is 1.81 bits per heavy atom. The van der Waals surface area contributed by atoms with E-state index >= 15 is 0 Å². The highest BCUT2D eigenvalue weighted by Crippen LogP contribution is 2.41. The highest BCUT2D eigenvalue weighted by atomic mass is 35.5. The van der Waals surface area contributed by atoms with Gasteiger partial charge in [-0.3, -0.25) is 14.4 Å². The third kappa shape index (κ3) is 6.73. The minimum atomic E-state index is -0.715. The largest absolute Gasteiger partial charge is 0.489 e. The number of halogens is 1. The van der Waals surface area contributed by atoms with Gasteiger partial charge in [0.25, 0.3) is 5.12 Å². The van der Waals surface area contributed by atoms with E-state index < -0.39 is 22.2 Å². The second-order valence-corrected chi connectivity index (χ2v) is 12.8. The summed E-state index contributed by atoms with van der Waals surface area (Å²) in [7, 11) is 0. The Hall–Kier alpha value is -3.57. The summed E-state index contributed by atoms with van der Waals surface area (Å²) in [4.78, 5) is 36.6. The number of fused-ring (bicyclic) bond motifs is 1. The molecule has 0 spiro atoms. The van der Waals surface area contributed by atoms with Gasteiger partial charge in [-0.05, 0) is 91.0 Å². The Balaban J connectivity index is 1.33. The number of thioether (sulfide) groups is 1. The number of aryl methyl sites for hydroxylation is 2. The van der Waals surface area contributed by atoms with Crippen molar-refractivity contribution in [3.8, 4) is 34.5 Å². The zero-order chi connectivity index (χ0) is 29.8. The van der Waals surface area contributed by atoms with Crippen LogP contribution >= 0.6 is 34.7 Å². The first-order chi connectivity index (χ1) is 20.2. The lowest BCUT2D eigenvalue weighted by molar-refractivity contribution is -0.136. The number of carbonyl (C=O) groups is 3. The molecule has 0 amide bonds. The zero-order valence-electron chi connectivity index (χ0n) is 23.5. The fraction of sp³-hybridized carbons (Fsp3) is 0.265. The molecule has 0 aliphatic carbocycles. The number of ether oxygens (including phenoxy) is 2. The van der Waals surface area contributed by atoms with Gasteiger partial charge in [0, 0.05) is 39.1 Å². The highest BCUT2D eigenvalue weighted by Gasteiger charge is 2.32. The van der Waals surface area contributed by atoms with Crippen molar-refractivity contribution in [2.75, 3.05) is 5.75 Å². The fourth-order valence-corrected chi connectivity index (χ4v) is 7.10. The molecule has 1 fully saturated rings. The molecule has 5 rings (SSSR count). The average Bonchev–Trinajstić information content (AvgIpc) is 3.29. The second kappa shape index (κ2) is 13.2. The summed E-state index contributed by atoms with van der Waals surface area (Å²) in [6.45, 7) is 6.31. The summed E-state index contributed by atoms with van der Waals surface area (Å²) in [5.41, 5.74) is 5.27. The van der Waals surface area contributed by atoms with E-state index in [2.05, 4.69) is 37.0 Å². The topological polar surface area (TPSA) is 69.7 Å². The molecule has 5 nitrogen and oxygen atoms in total. The van der Waals surface area contributed by atoms with Crippen LogP contribution < -0.4 is 9.47 Å². The molecular formula is C34H29ClO5S2. The van der Waals surface area contributed by atoms with E-state index in [-0.39, 0.29) is 12.3 Å². The predicted octanol–water partition coefficient (Wildman–Crippen LogP) is 8.01. The van der Waals surface area contributed by atoms with Crippen molar-refractivity contribution in [2.45, 2.75) is 52.2 Å². The molecular weight excluding hydrogens is 588 g/mol. The van der Waals surface area contributed by atoms with Gasteiger partial charge in [-0.15, -0.1) is 17.3 Å². The number of carbonyl (C=O) groups excluding carboxylic acids is 3. The quantitative estimate of drug-likeness (QED) is 0.108. The lowest BCUT2D eigenvalue weighted by Crippen LogP contribution is -2.36. The zero-order valence-corrected chi connectivity index (χ0v) is 25.9. The molecule has 0 N–H and O–H groups in total. The SMILES string of the molecule is CC#C[C@@H](CC(=O)Cl)c1ccc(OCc2ccc3sc(C)c(-c4ccc(OC5CCSC(=O)C5=O)cc4C)c3c2)cc1. The molecule has 2 atom stereocenters. The smallest absolute Gasteiger partial charge is 0.259 e. The molecule has 1 aliphatic rings. The Labute approximate surface area is 258 Å². The first-order valence-electron chi connectivity index (χ1n) is 13.6. The minimum Gasteiger partial charge on any atom is -0.489 e. The Morgan fingerprint density at radius 1 is 1.05 bits per heavy atom. The van der Waals surface area contributed by atoms with Crippen LogP contribution in [0.5, 0.6) is 11.5 Å². The number of rotatable bonds is 9. The first-order valence-corrected chi connectivity index (χ1v) is 15.8. The second-order valence-electron chi connectivity index (χ2n) is 10.1. The van der Waals surface area contributed by atoms with Crippen LogP contribution in [0.2, 0.25) is 0 Å². The van der Waals surface area contributed by atoms with E-state index in [9.17, 15) is 14.4 Å². The Bertz CT molecular complexity index is 1730. The molecule has 2 heterocycles. The highest BCUT2D eigenvalue weighted by molar-refractivity contribution is 8.15. The molecule has 1 saturated heterocycles. The van der Waals surface area contributed by atoms with Crippen LogP contribution in [0.3, 0.4) is 0 Å². The molecule has 0 radical (unpaired) electrons. The van der Waals surface area contributed by atoms with Crippen LogP contribution in [0, 0.1) is 25.7 Å². The first kappa shape index (κ1) is 29.9. The fourth-order valence-electron chi connectivity index (χ4n) is 5.10. The number of thiophene rings is 1. The standard InChI is InChI=1S/C34H29ClO5S2/c1-4-5-24(18-31(35)36)23-7-9-25(10-8-23)39-19-22-6-13-30-28(17-22)32(21(3)42-30)27-12-11-26(16-20(27)2)40-29-14-15-41-34(38)33(29)37/h6-13,16-17,24,29H,14-15,18-19H2,1-3H3/t24-,29?/m0/s1. The molecule has 3 aromatic carbocycles. The van der Waals surface area contributed by atoms with Gasteiger partial charge in [0.1, 0.15) is 18.1 Å². The summed E-state index contributed by atoms with van der Waals surface area (Å²) in [6, 6.07) is 19.9. The maximum atomic E-state index is 12.2. The van der Waals surface area contributed by atoms with Crippen molar-refractivity contribution in [1.29, 1.82) is 0 Å².